The summed E-state index contributed by atoms with van der Waals surface area (Å²) in [7, 11) is 4.35. The average molecular weight is 991 g/mol. The predicted octanol–water partition coefficient (Wildman–Crippen LogP) is 5.69. The van der Waals surface area contributed by atoms with Gasteiger partial charge in [0.05, 0.1) is 12.6 Å². The van der Waals surface area contributed by atoms with Crippen molar-refractivity contribution in [2.45, 2.75) is 197 Å². The van der Waals surface area contributed by atoms with Gasteiger partial charge in [0.15, 0.2) is 6.10 Å². The highest BCUT2D eigenvalue weighted by Gasteiger charge is 2.40. The molecule has 1 aliphatic heterocycles. The molecule has 0 aromatic rings. The summed E-state index contributed by atoms with van der Waals surface area (Å²) in [6.45, 7) is 26.3. The lowest BCUT2D eigenvalue weighted by molar-refractivity contribution is -0.162. The van der Waals surface area contributed by atoms with Crippen LogP contribution in [0, 0.1) is 29.6 Å². The summed E-state index contributed by atoms with van der Waals surface area (Å²) in [5, 5.41) is 19.9. The zero-order valence-electron chi connectivity index (χ0n) is 45.7. The van der Waals surface area contributed by atoms with Gasteiger partial charge in [-0.25, -0.2) is 14.4 Å². The maximum Gasteiger partial charge on any atom is 0.407 e. The molecule has 0 saturated carbocycles. The van der Waals surface area contributed by atoms with Crippen molar-refractivity contribution >= 4 is 47.6 Å². The minimum Gasteiger partial charge on any atom is -0.456 e. The number of ether oxygens (including phenoxy) is 3. The molecule has 18 heteroatoms. The lowest BCUT2D eigenvalue weighted by Gasteiger charge is -2.36. The summed E-state index contributed by atoms with van der Waals surface area (Å²) in [5.74, 6) is -6.80. The topological polar surface area (TPSA) is 230 Å². The third kappa shape index (κ3) is 20.0. The molecule has 0 unspecified atom stereocenters. The number of aliphatic hydroxyl groups excluding tert-OH is 1. The number of cyclic esters (lactones) is 2. The van der Waals surface area contributed by atoms with E-state index < -0.39 is 126 Å². The normalized spacial score (nSPS) is 26.7. The molecule has 400 valence electrons. The van der Waals surface area contributed by atoms with E-state index in [0.29, 0.717) is 31.3 Å². The first-order valence-electron chi connectivity index (χ1n) is 25.2. The molecule has 0 aliphatic carbocycles. The molecule has 0 spiro atoms. The van der Waals surface area contributed by atoms with Crippen LogP contribution in [-0.4, -0.2) is 150 Å². The van der Waals surface area contributed by atoms with Gasteiger partial charge < -0.3 is 50.0 Å². The predicted molar refractivity (Wildman–Crippen MR) is 269 cm³/mol. The second-order valence-electron chi connectivity index (χ2n) is 21.2. The lowest BCUT2D eigenvalue weighted by Crippen LogP contribution is -2.59. The van der Waals surface area contributed by atoms with Crippen LogP contribution in [0.25, 0.3) is 0 Å². The lowest BCUT2D eigenvalue weighted by atomic mass is 9.90. The maximum atomic E-state index is 14.5. The number of allylic oxidation sites excluding steroid dienone is 1. The minimum absolute atomic E-state index is 0.0559. The van der Waals surface area contributed by atoms with E-state index in [-0.39, 0.29) is 37.3 Å². The number of carbonyl (C=O) groups excluding carboxylic acids is 8. The highest BCUT2D eigenvalue weighted by molar-refractivity contribution is 5.96. The summed E-state index contributed by atoms with van der Waals surface area (Å²) in [5.41, 5.74) is 0.0689. The van der Waals surface area contributed by atoms with Crippen LogP contribution >= 0.6 is 0 Å². The third-order valence-electron chi connectivity index (χ3n) is 12.6. The Morgan fingerprint density at radius 1 is 0.871 bits per heavy atom. The van der Waals surface area contributed by atoms with Crippen molar-refractivity contribution in [3.8, 4) is 0 Å². The zero-order chi connectivity index (χ0) is 54.0. The Kier molecular flexibility index (Phi) is 26.4. The number of rotatable bonds is 13. The molecule has 0 radical (unpaired) electrons. The number of alkyl carbamates (subject to hydrolysis) is 1. The number of hydrogen-bond donors (Lipinski definition) is 4. The number of nitrogens with one attached hydrogen (secondary N) is 3. The van der Waals surface area contributed by atoms with Crippen molar-refractivity contribution in [1.29, 1.82) is 0 Å². The van der Waals surface area contributed by atoms with Gasteiger partial charge in [0.2, 0.25) is 23.6 Å². The Balaban J connectivity index is 3.98. The molecule has 0 aromatic heterocycles. The van der Waals surface area contributed by atoms with E-state index in [9.17, 15) is 43.5 Å². The fourth-order valence-corrected chi connectivity index (χ4v) is 7.99. The Hall–Kier alpha value is -5.00. The Morgan fingerprint density at radius 3 is 1.94 bits per heavy atom. The number of amides is 6. The number of unbranched alkanes of at least 4 members (excludes halogenated alkanes) is 1. The maximum absolute atomic E-state index is 14.5. The van der Waals surface area contributed by atoms with Gasteiger partial charge in [-0.05, 0) is 103 Å². The second kappa shape index (κ2) is 29.4. The van der Waals surface area contributed by atoms with Gasteiger partial charge in [0.25, 0.3) is 5.91 Å². The molecule has 0 saturated heterocycles. The number of likely N-dealkylation sites (N-methyl/N-ethyl adjacent to an activating group) is 3. The van der Waals surface area contributed by atoms with Gasteiger partial charge >= 0.3 is 18.0 Å². The molecule has 0 aromatic carbocycles. The first kappa shape index (κ1) is 63.0. The van der Waals surface area contributed by atoms with E-state index in [0.717, 1.165) is 0 Å². The SMILES string of the molecule is CC/C=C(\C)[C@H]1OC(=O)[C@H](CCCCNC(=O)OC(C)(C)C)N(C)C(=O)[C@H](C(C)C)NC(=O)CN(C)C(=O)[C@@H](CC(C)C)N(C)C(=O)[C@H](C(C)C)NC(=O)[C@@H]([C@@H](C)CC)OC(=O)/C(C)=C/C[C@H](O)[C@@H]1C. The quantitative estimate of drug-likeness (QED) is 0.0755. The minimum atomic E-state index is -1.29. The summed E-state index contributed by atoms with van der Waals surface area (Å²) in [4.78, 5) is 115. The molecule has 0 bridgehead atoms. The molecule has 9 atom stereocenters. The van der Waals surface area contributed by atoms with Gasteiger partial charge in [-0.3, -0.25) is 24.0 Å². The first-order chi connectivity index (χ1) is 32.4. The number of carbonyl (C=O) groups is 8. The molecular formula is C52H90N6O12. The van der Waals surface area contributed by atoms with Crippen molar-refractivity contribution in [2.24, 2.45) is 29.6 Å². The van der Waals surface area contributed by atoms with E-state index in [1.54, 1.807) is 69.2 Å². The second-order valence-corrected chi connectivity index (χ2v) is 21.2. The standard InChI is InChI=1S/C52H90N6O12/c1-19-23-34(10)43-36(12)39(59)26-25-35(11)49(65)69-44(33(9)20-2)45(61)55-42(32(7)8)48(64)58(18)38(28-30(3)4)46(62)56(16)29-40(60)54-41(31(5)6)47(63)57(17)37(50(66)68-43)24-21-22-27-53-51(67)70-52(13,14)15/h23,25,30-33,36-39,41-44,59H,19-22,24,26-29H2,1-18H3,(H,53,67)(H,54,60)(H,55,61)/b34-23+,35-25+/t33-,36-,37-,38+,39-,41-,42-,43+,44+/m0/s1. The van der Waals surface area contributed by atoms with Crippen LogP contribution < -0.4 is 16.0 Å². The smallest absolute Gasteiger partial charge is 0.407 e. The van der Waals surface area contributed by atoms with Gasteiger partial charge in [0, 0.05) is 45.1 Å². The van der Waals surface area contributed by atoms with E-state index in [4.69, 9.17) is 14.2 Å². The average Bonchev–Trinajstić information content (AvgIpc) is 3.27. The van der Waals surface area contributed by atoms with Crippen LogP contribution in [0.5, 0.6) is 0 Å². The summed E-state index contributed by atoms with van der Waals surface area (Å²) >= 11 is 0. The largest absolute Gasteiger partial charge is 0.456 e. The van der Waals surface area contributed by atoms with Crippen LogP contribution in [0.4, 0.5) is 4.79 Å². The van der Waals surface area contributed by atoms with Crippen molar-refractivity contribution in [1.82, 2.24) is 30.7 Å². The molecule has 1 rings (SSSR count). The van der Waals surface area contributed by atoms with Gasteiger partial charge in [-0.15, -0.1) is 0 Å². The molecular weight excluding hydrogens is 901 g/mol. The Morgan fingerprint density at radius 2 is 1.43 bits per heavy atom. The number of esters is 2. The molecule has 0 fully saturated rings. The third-order valence-corrected chi connectivity index (χ3v) is 12.6. The van der Waals surface area contributed by atoms with Crippen LogP contribution in [0.15, 0.2) is 23.3 Å². The highest BCUT2D eigenvalue weighted by Crippen LogP contribution is 2.26. The van der Waals surface area contributed by atoms with E-state index >= 15 is 0 Å². The Labute approximate surface area is 418 Å². The van der Waals surface area contributed by atoms with Gasteiger partial charge in [0.1, 0.15) is 35.9 Å². The zero-order valence-corrected chi connectivity index (χ0v) is 45.7. The molecule has 1 aliphatic rings. The van der Waals surface area contributed by atoms with Crippen LogP contribution in [0.1, 0.15) is 149 Å². The van der Waals surface area contributed by atoms with Crippen LogP contribution in [-0.2, 0) is 47.8 Å². The van der Waals surface area contributed by atoms with Crippen molar-refractivity contribution in [2.75, 3.05) is 34.2 Å². The van der Waals surface area contributed by atoms with E-state index in [2.05, 4.69) is 16.0 Å². The van der Waals surface area contributed by atoms with Crippen LogP contribution in [0.2, 0.25) is 0 Å². The van der Waals surface area contributed by atoms with Gasteiger partial charge in [-0.2, -0.15) is 0 Å². The summed E-state index contributed by atoms with van der Waals surface area (Å²) in [6.07, 6.45) is 1.45. The molecule has 4 N–H and O–H groups in total. The van der Waals surface area contributed by atoms with Crippen LogP contribution in [0.3, 0.4) is 0 Å². The number of hydrogen-bond acceptors (Lipinski definition) is 12. The summed E-state index contributed by atoms with van der Waals surface area (Å²) < 4.78 is 17.4. The van der Waals surface area contributed by atoms with E-state index in [1.807, 2.05) is 33.8 Å². The molecule has 6 amide bonds. The van der Waals surface area contributed by atoms with Crippen molar-refractivity contribution in [3.05, 3.63) is 23.3 Å². The van der Waals surface area contributed by atoms with Gasteiger partial charge in [-0.1, -0.05) is 81.4 Å². The molecule has 1 heterocycles. The van der Waals surface area contributed by atoms with Crippen molar-refractivity contribution < 1.29 is 57.7 Å². The Bertz CT molecular complexity index is 1840. The first-order valence-corrected chi connectivity index (χ1v) is 25.2. The fourth-order valence-electron chi connectivity index (χ4n) is 7.99. The van der Waals surface area contributed by atoms with Crippen molar-refractivity contribution in [3.63, 3.8) is 0 Å². The van der Waals surface area contributed by atoms with E-state index in [1.165, 1.54) is 48.8 Å². The fraction of sp³-hybridized carbons (Fsp3) is 0.769. The number of aliphatic hydroxyl groups is 1. The molecule has 70 heavy (non-hydrogen) atoms. The highest BCUT2D eigenvalue weighted by atomic mass is 16.6. The molecule has 18 nitrogen and oxygen atoms in total. The monoisotopic (exact) mass is 991 g/mol. The number of nitrogens with zero attached hydrogens (tertiary/aromatic N) is 3. The summed E-state index contributed by atoms with van der Waals surface area (Å²) in [6, 6.07) is -4.49.